The second-order valence-electron chi connectivity index (χ2n) is 3.49. The van der Waals surface area contributed by atoms with Crippen molar-refractivity contribution < 1.29 is 0 Å². The van der Waals surface area contributed by atoms with Crippen LogP contribution in [0.1, 0.15) is 25.3 Å². The van der Waals surface area contributed by atoms with Crippen molar-refractivity contribution in [1.29, 1.82) is 0 Å². The third-order valence-electron chi connectivity index (χ3n) is 2.13. The van der Waals surface area contributed by atoms with E-state index in [1.54, 1.807) is 12.4 Å². The summed E-state index contributed by atoms with van der Waals surface area (Å²) in [7, 11) is 0. The molecule has 0 aromatic rings. The van der Waals surface area contributed by atoms with Crippen molar-refractivity contribution in [3.63, 3.8) is 0 Å². The van der Waals surface area contributed by atoms with Gasteiger partial charge in [-0.1, -0.05) is 26.1 Å². The first-order valence-corrected chi connectivity index (χ1v) is 4.93. The minimum Gasteiger partial charge on any atom is -0.343 e. The van der Waals surface area contributed by atoms with E-state index in [1.165, 1.54) is 0 Å². The molecule has 0 saturated heterocycles. The van der Waals surface area contributed by atoms with Gasteiger partial charge in [0, 0.05) is 12.4 Å². The summed E-state index contributed by atoms with van der Waals surface area (Å²) in [5, 5.41) is 0. The Morgan fingerprint density at radius 2 is 2.21 bits per heavy atom. The highest BCUT2D eigenvalue weighted by Crippen LogP contribution is 2.21. The van der Waals surface area contributed by atoms with Crippen LogP contribution in [0.5, 0.6) is 0 Å². The van der Waals surface area contributed by atoms with Gasteiger partial charge in [-0.15, -0.1) is 0 Å². The predicted octanol–water partition coefficient (Wildman–Crippen LogP) is 2.76. The van der Waals surface area contributed by atoms with Gasteiger partial charge >= 0.3 is 0 Å². The van der Waals surface area contributed by atoms with Gasteiger partial charge in [0.2, 0.25) is 0 Å². The largest absolute Gasteiger partial charge is 0.343 e. The quantitative estimate of drug-likeness (QED) is 0.728. The van der Waals surface area contributed by atoms with Crippen LogP contribution in [0.15, 0.2) is 18.5 Å². The average molecular weight is 205 g/mol. The molecule has 0 atom stereocenters. The molecule has 14 heavy (non-hydrogen) atoms. The molecule has 3 nitrogen and oxygen atoms in total. The van der Waals surface area contributed by atoms with Crippen molar-refractivity contribution in [1.82, 2.24) is 15.0 Å². The second-order valence-corrected chi connectivity index (χ2v) is 3.88. The Hall–Kier alpha value is -1.29. The number of aromatic amines is 1. The van der Waals surface area contributed by atoms with Crippen LogP contribution in [0.2, 0.25) is 0 Å². The summed E-state index contributed by atoms with van der Waals surface area (Å²) in [6.07, 6.45) is 3.47. The van der Waals surface area contributed by atoms with Crippen LogP contribution in [-0.4, -0.2) is 15.0 Å². The lowest BCUT2D eigenvalue weighted by Gasteiger charge is -2.08. The van der Waals surface area contributed by atoms with Crippen molar-refractivity contribution in [2.45, 2.75) is 19.8 Å². The van der Waals surface area contributed by atoms with Gasteiger partial charge in [0.25, 0.3) is 0 Å². The van der Waals surface area contributed by atoms with E-state index in [4.69, 9.17) is 12.2 Å². The Balaban J connectivity index is 2.73. The van der Waals surface area contributed by atoms with Gasteiger partial charge in [0.1, 0.15) is 10.3 Å². The third-order valence-corrected chi connectivity index (χ3v) is 2.45. The molecule has 0 spiro atoms. The highest BCUT2D eigenvalue weighted by molar-refractivity contribution is 7.71. The Labute approximate surface area is 87.6 Å². The number of fused-ring (bicyclic) bond motifs is 1. The molecule has 1 N–H and O–H groups in total. The molecule has 0 unspecified atom stereocenters. The van der Waals surface area contributed by atoms with Crippen LogP contribution in [-0.2, 0) is 0 Å². The lowest BCUT2D eigenvalue weighted by molar-refractivity contribution is 0.849. The van der Waals surface area contributed by atoms with Crippen LogP contribution in [0.3, 0.4) is 0 Å². The molecule has 0 aromatic carbocycles. The Kier molecular flexibility index (Phi) is 2.29. The molecule has 0 aromatic heterocycles. The van der Waals surface area contributed by atoms with Gasteiger partial charge in [-0.3, -0.25) is 4.98 Å². The van der Waals surface area contributed by atoms with Crippen molar-refractivity contribution >= 4 is 12.2 Å². The molecule has 72 valence electrons. The van der Waals surface area contributed by atoms with Crippen LogP contribution in [0.25, 0.3) is 11.5 Å². The summed E-state index contributed by atoms with van der Waals surface area (Å²) in [6, 6.07) is 2.01. The predicted molar refractivity (Wildman–Crippen MR) is 57.9 cm³/mol. The Morgan fingerprint density at radius 1 is 1.43 bits per heavy atom. The van der Waals surface area contributed by atoms with Gasteiger partial charge in [-0.25, -0.2) is 4.98 Å². The molecule has 2 aliphatic heterocycles. The van der Waals surface area contributed by atoms with E-state index in [-0.39, 0.29) is 0 Å². The van der Waals surface area contributed by atoms with Gasteiger partial charge in [0.05, 0.1) is 0 Å². The number of nitrogens with zero attached hydrogens (tertiary/aromatic N) is 2. The van der Waals surface area contributed by atoms with E-state index in [1.807, 2.05) is 6.07 Å². The average Bonchev–Trinajstić information content (AvgIpc) is 2.16. The van der Waals surface area contributed by atoms with E-state index in [0.717, 1.165) is 17.1 Å². The molecule has 0 saturated carbocycles. The molecule has 0 radical (unpaired) electrons. The van der Waals surface area contributed by atoms with Crippen molar-refractivity contribution in [2.24, 2.45) is 0 Å². The number of nitrogens with one attached hydrogen (secondary N) is 1. The summed E-state index contributed by atoms with van der Waals surface area (Å²) >= 11 is 5.20. The van der Waals surface area contributed by atoms with E-state index < -0.39 is 0 Å². The van der Waals surface area contributed by atoms with Crippen molar-refractivity contribution in [3.8, 4) is 11.5 Å². The molecular formula is C10H11N3S. The monoisotopic (exact) mass is 205 g/mol. The molecule has 2 aliphatic rings. The fourth-order valence-electron chi connectivity index (χ4n) is 1.35. The second kappa shape index (κ2) is 3.46. The van der Waals surface area contributed by atoms with Gasteiger partial charge in [0.15, 0.2) is 5.82 Å². The summed E-state index contributed by atoms with van der Waals surface area (Å²) in [5.41, 5.74) is 1.95. The van der Waals surface area contributed by atoms with Crippen molar-refractivity contribution in [3.05, 3.63) is 28.7 Å². The highest BCUT2D eigenvalue weighted by Gasteiger charge is 2.09. The van der Waals surface area contributed by atoms with Gasteiger partial charge < -0.3 is 4.98 Å². The smallest absolute Gasteiger partial charge is 0.157 e. The van der Waals surface area contributed by atoms with Crippen LogP contribution >= 0.6 is 12.2 Å². The SMILES string of the molecule is CC(C)c1cc2ncc[nH]c-2nc1=S. The zero-order valence-electron chi connectivity index (χ0n) is 8.11. The van der Waals surface area contributed by atoms with Gasteiger partial charge in [-0.2, -0.15) is 0 Å². The fourth-order valence-corrected chi connectivity index (χ4v) is 1.74. The third kappa shape index (κ3) is 1.53. The maximum absolute atomic E-state index is 5.20. The molecule has 0 aliphatic carbocycles. The molecule has 0 bridgehead atoms. The number of H-pyrrole nitrogens is 1. The number of aromatic nitrogens is 3. The minimum absolute atomic E-state index is 0.390. The molecular weight excluding hydrogens is 194 g/mol. The lowest BCUT2D eigenvalue weighted by Crippen LogP contribution is -1.99. The van der Waals surface area contributed by atoms with E-state index in [2.05, 4.69) is 28.8 Å². The molecule has 0 fully saturated rings. The van der Waals surface area contributed by atoms with E-state index in [0.29, 0.717) is 10.6 Å². The minimum atomic E-state index is 0.390. The number of rotatable bonds is 1. The topological polar surface area (TPSA) is 41.6 Å². The Bertz CT molecular complexity index is 475. The lowest BCUT2D eigenvalue weighted by atomic mass is 10.0. The number of pyridine rings is 1. The van der Waals surface area contributed by atoms with Gasteiger partial charge in [-0.05, 0) is 17.5 Å². The standard InChI is InChI=1S/C10H11N3S/c1-6(2)7-5-8-9(13-10(7)14)12-4-3-11-8/h3-6H,1-2H3,(H,12,13,14). The fraction of sp³-hybridized carbons (Fsp3) is 0.300. The van der Waals surface area contributed by atoms with Crippen LogP contribution < -0.4 is 0 Å². The number of hydrogen-bond donors (Lipinski definition) is 1. The molecule has 4 heteroatoms. The van der Waals surface area contributed by atoms with Crippen LogP contribution in [0, 0.1) is 4.64 Å². The van der Waals surface area contributed by atoms with Crippen molar-refractivity contribution in [2.75, 3.05) is 0 Å². The molecule has 0 amide bonds. The zero-order chi connectivity index (χ0) is 10.1. The molecule has 2 rings (SSSR count). The molecule has 2 heterocycles. The highest BCUT2D eigenvalue weighted by atomic mass is 32.1. The number of hydrogen-bond acceptors (Lipinski definition) is 3. The van der Waals surface area contributed by atoms with E-state index >= 15 is 0 Å². The van der Waals surface area contributed by atoms with Crippen LogP contribution in [0.4, 0.5) is 0 Å². The normalized spacial score (nSPS) is 11.1. The first-order valence-electron chi connectivity index (χ1n) is 4.53. The van der Waals surface area contributed by atoms with E-state index in [9.17, 15) is 0 Å². The summed E-state index contributed by atoms with van der Waals surface area (Å²) in [6.45, 7) is 4.20. The summed E-state index contributed by atoms with van der Waals surface area (Å²) in [4.78, 5) is 11.5. The first kappa shape index (κ1) is 9.27. The Morgan fingerprint density at radius 3 is 2.93 bits per heavy atom. The summed E-state index contributed by atoms with van der Waals surface area (Å²) in [5.74, 6) is 1.14. The summed E-state index contributed by atoms with van der Waals surface area (Å²) < 4.78 is 0.664. The maximum Gasteiger partial charge on any atom is 0.157 e. The zero-order valence-corrected chi connectivity index (χ0v) is 8.93. The first-order chi connectivity index (χ1) is 6.68. The maximum atomic E-state index is 5.20.